The smallest absolute Gasteiger partial charge is 0.331 e. The highest BCUT2D eigenvalue weighted by molar-refractivity contribution is 6.31. The molecule has 0 bridgehead atoms. The predicted octanol–water partition coefficient (Wildman–Crippen LogP) is 6.68. The van der Waals surface area contributed by atoms with Gasteiger partial charge < -0.3 is 15.0 Å². The molecule has 0 aliphatic carbocycles. The van der Waals surface area contributed by atoms with Gasteiger partial charge in [0, 0.05) is 39.5 Å². The lowest BCUT2D eigenvalue weighted by atomic mass is 10.00. The van der Waals surface area contributed by atoms with Crippen molar-refractivity contribution < 1.29 is 19.1 Å². The largest absolute Gasteiger partial charge is 0.463 e. The molecule has 1 N–H and O–H groups in total. The van der Waals surface area contributed by atoms with Crippen LogP contribution in [0.2, 0.25) is 5.02 Å². The van der Waals surface area contributed by atoms with E-state index in [1.807, 2.05) is 38.1 Å². The molecule has 4 rings (SSSR count). The van der Waals surface area contributed by atoms with E-state index in [2.05, 4.69) is 5.32 Å². The van der Waals surface area contributed by atoms with Crippen molar-refractivity contribution in [3.05, 3.63) is 100 Å². The van der Waals surface area contributed by atoms with E-state index in [9.17, 15) is 14.4 Å². The predicted molar refractivity (Wildman–Crippen MR) is 147 cm³/mol. The number of amides is 2. The minimum Gasteiger partial charge on any atom is -0.463 e. The van der Waals surface area contributed by atoms with Crippen molar-refractivity contribution in [1.82, 2.24) is 0 Å². The number of fused-ring (bicyclic) bond motifs is 1. The lowest BCUT2D eigenvalue weighted by Gasteiger charge is -2.29. The van der Waals surface area contributed by atoms with Gasteiger partial charge in [0.05, 0.1) is 12.3 Å². The third kappa shape index (κ3) is 5.92. The normalized spacial score (nSPS) is 16.1. The fourth-order valence-electron chi connectivity index (χ4n) is 4.49. The van der Waals surface area contributed by atoms with Crippen LogP contribution in [0.3, 0.4) is 0 Å². The van der Waals surface area contributed by atoms with Crippen LogP contribution in [0, 0.1) is 6.92 Å². The van der Waals surface area contributed by atoms with Gasteiger partial charge in [-0.05, 0) is 93.3 Å². The number of rotatable bonds is 5. The van der Waals surface area contributed by atoms with E-state index in [1.54, 1.807) is 54.3 Å². The van der Waals surface area contributed by atoms with Crippen LogP contribution < -0.4 is 10.2 Å². The fourth-order valence-corrected chi connectivity index (χ4v) is 4.66. The lowest BCUT2D eigenvalue weighted by molar-refractivity contribution is -0.137. The Morgan fingerprint density at radius 3 is 2.51 bits per heavy atom. The lowest BCUT2D eigenvalue weighted by Crippen LogP contribution is -2.38. The van der Waals surface area contributed by atoms with Gasteiger partial charge in [-0.3, -0.25) is 9.59 Å². The van der Waals surface area contributed by atoms with Crippen molar-refractivity contribution in [2.75, 3.05) is 16.8 Å². The number of carbonyl (C=O) groups excluding carboxylic acids is 3. The molecule has 0 aromatic heterocycles. The first-order valence-corrected chi connectivity index (χ1v) is 12.6. The number of aryl methyl sites for hydroxylation is 1. The standard InChI is InChI=1S/C30H29ClN2O4/c1-4-37-28(34)17-22-10-9-20(3)33(27-16-13-23(31)18-26(22)27)30(36)21-11-14-24(15-12-21)32-29(35)25-8-6-5-7-19(25)2/h5-8,11-18,20H,4,9-10H2,1-3H3,(H,32,35). The van der Waals surface area contributed by atoms with Crippen LogP contribution in [0.4, 0.5) is 11.4 Å². The Morgan fingerprint density at radius 1 is 1.08 bits per heavy atom. The molecular weight excluding hydrogens is 488 g/mol. The summed E-state index contributed by atoms with van der Waals surface area (Å²) in [5, 5.41) is 3.41. The number of allylic oxidation sites excluding steroid dienone is 1. The molecule has 0 radical (unpaired) electrons. The Morgan fingerprint density at radius 2 is 1.81 bits per heavy atom. The van der Waals surface area contributed by atoms with Crippen LogP contribution >= 0.6 is 11.6 Å². The van der Waals surface area contributed by atoms with Gasteiger partial charge in [0.1, 0.15) is 0 Å². The maximum atomic E-state index is 13.7. The molecule has 6 nitrogen and oxygen atoms in total. The van der Waals surface area contributed by atoms with Crippen LogP contribution in [0.5, 0.6) is 0 Å². The summed E-state index contributed by atoms with van der Waals surface area (Å²) >= 11 is 6.31. The molecule has 190 valence electrons. The highest BCUT2D eigenvalue weighted by atomic mass is 35.5. The summed E-state index contributed by atoms with van der Waals surface area (Å²) in [6, 6.07) is 19.4. The van der Waals surface area contributed by atoms with Crippen LogP contribution in [0.25, 0.3) is 5.57 Å². The molecule has 1 unspecified atom stereocenters. The first-order chi connectivity index (χ1) is 17.8. The highest BCUT2D eigenvalue weighted by Gasteiger charge is 2.30. The number of esters is 1. The second kappa shape index (κ2) is 11.4. The first-order valence-electron chi connectivity index (χ1n) is 12.3. The number of nitrogens with zero attached hydrogens (tertiary/aromatic N) is 1. The molecule has 1 aliphatic heterocycles. The van der Waals surface area contributed by atoms with Gasteiger partial charge in [-0.2, -0.15) is 0 Å². The van der Waals surface area contributed by atoms with Gasteiger partial charge in [-0.15, -0.1) is 0 Å². The number of hydrogen-bond donors (Lipinski definition) is 1. The van der Waals surface area contributed by atoms with Crippen LogP contribution in [0.15, 0.2) is 72.8 Å². The number of benzene rings is 3. The van der Waals surface area contributed by atoms with Crippen molar-refractivity contribution in [2.24, 2.45) is 0 Å². The van der Waals surface area contributed by atoms with E-state index in [0.717, 1.165) is 16.7 Å². The van der Waals surface area contributed by atoms with E-state index >= 15 is 0 Å². The van der Waals surface area contributed by atoms with Crippen molar-refractivity contribution in [3.8, 4) is 0 Å². The van der Waals surface area contributed by atoms with Crippen molar-refractivity contribution in [2.45, 2.75) is 39.7 Å². The van der Waals surface area contributed by atoms with E-state index < -0.39 is 5.97 Å². The molecule has 1 atom stereocenters. The zero-order valence-corrected chi connectivity index (χ0v) is 21.8. The summed E-state index contributed by atoms with van der Waals surface area (Å²) in [5.41, 5.74) is 4.78. The number of ether oxygens (including phenoxy) is 1. The summed E-state index contributed by atoms with van der Waals surface area (Å²) < 4.78 is 5.12. The van der Waals surface area contributed by atoms with Crippen LogP contribution in [-0.4, -0.2) is 30.4 Å². The third-order valence-electron chi connectivity index (χ3n) is 6.41. The van der Waals surface area contributed by atoms with E-state index in [1.165, 1.54) is 6.08 Å². The summed E-state index contributed by atoms with van der Waals surface area (Å²) in [7, 11) is 0. The minimum absolute atomic E-state index is 0.124. The summed E-state index contributed by atoms with van der Waals surface area (Å²) in [4.78, 5) is 40.4. The molecule has 7 heteroatoms. The Labute approximate surface area is 221 Å². The Balaban J connectivity index is 1.61. The number of hydrogen-bond acceptors (Lipinski definition) is 4. The topological polar surface area (TPSA) is 75.7 Å². The zero-order chi connectivity index (χ0) is 26.5. The highest BCUT2D eigenvalue weighted by Crippen LogP contribution is 2.38. The van der Waals surface area contributed by atoms with Gasteiger partial charge in [-0.1, -0.05) is 29.8 Å². The second-order valence-corrected chi connectivity index (χ2v) is 9.43. The summed E-state index contributed by atoms with van der Waals surface area (Å²) in [6.45, 7) is 5.92. The second-order valence-electron chi connectivity index (χ2n) is 8.99. The fraction of sp³-hybridized carbons (Fsp3) is 0.233. The van der Waals surface area contributed by atoms with Crippen molar-refractivity contribution >= 4 is 46.3 Å². The zero-order valence-electron chi connectivity index (χ0n) is 21.1. The molecule has 1 aliphatic rings. The number of carbonyl (C=O) groups is 3. The van der Waals surface area contributed by atoms with E-state index in [4.69, 9.17) is 16.3 Å². The molecule has 37 heavy (non-hydrogen) atoms. The Hall–Kier alpha value is -3.90. The minimum atomic E-state index is -0.417. The Bertz CT molecular complexity index is 1360. The molecular formula is C30H29ClN2O4. The summed E-state index contributed by atoms with van der Waals surface area (Å²) in [6.07, 6.45) is 2.75. The first kappa shape index (κ1) is 26.2. The van der Waals surface area contributed by atoms with Crippen molar-refractivity contribution in [3.63, 3.8) is 0 Å². The van der Waals surface area contributed by atoms with Gasteiger partial charge in [-0.25, -0.2) is 4.79 Å². The van der Waals surface area contributed by atoms with Crippen molar-refractivity contribution in [1.29, 1.82) is 0 Å². The van der Waals surface area contributed by atoms with Gasteiger partial charge in [0.2, 0.25) is 0 Å². The monoisotopic (exact) mass is 516 g/mol. The van der Waals surface area contributed by atoms with Gasteiger partial charge >= 0.3 is 5.97 Å². The SMILES string of the molecule is CCOC(=O)C=C1CCC(C)N(C(=O)c2ccc(NC(=O)c3ccccc3C)cc2)c2ccc(Cl)cc21. The maximum absolute atomic E-state index is 13.7. The van der Waals surface area contributed by atoms with E-state index in [-0.39, 0.29) is 24.5 Å². The maximum Gasteiger partial charge on any atom is 0.331 e. The quantitative estimate of drug-likeness (QED) is 0.303. The van der Waals surface area contributed by atoms with Crippen LogP contribution in [0.1, 0.15) is 58.5 Å². The summed E-state index contributed by atoms with van der Waals surface area (Å²) in [5.74, 6) is -0.797. The van der Waals surface area contributed by atoms with E-state index in [0.29, 0.717) is 40.4 Å². The Kier molecular flexibility index (Phi) is 8.09. The molecule has 0 spiro atoms. The van der Waals surface area contributed by atoms with Gasteiger partial charge in [0.25, 0.3) is 11.8 Å². The number of nitrogens with one attached hydrogen (secondary N) is 1. The molecule has 3 aromatic carbocycles. The molecule has 1 heterocycles. The number of anilines is 2. The molecule has 0 fully saturated rings. The average molecular weight is 517 g/mol. The third-order valence-corrected chi connectivity index (χ3v) is 6.65. The van der Waals surface area contributed by atoms with Crippen LogP contribution in [-0.2, 0) is 9.53 Å². The number of halogens is 1. The molecule has 0 saturated heterocycles. The molecule has 3 aromatic rings. The molecule has 2 amide bonds. The molecule has 0 saturated carbocycles. The average Bonchev–Trinajstić information content (AvgIpc) is 3.00. The van der Waals surface area contributed by atoms with Gasteiger partial charge in [0.15, 0.2) is 0 Å².